The molecule has 96 valence electrons. The second kappa shape index (κ2) is 4.90. The molecule has 0 bridgehead atoms. The Kier molecular flexibility index (Phi) is 3.64. The van der Waals surface area contributed by atoms with E-state index in [-0.39, 0.29) is 18.8 Å². The van der Waals surface area contributed by atoms with Gasteiger partial charge in [-0.15, -0.1) is 0 Å². The summed E-state index contributed by atoms with van der Waals surface area (Å²) in [6, 6.07) is 5.01. The maximum atomic E-state index is 11.8. The Labute approximate surface area is 115 Å². The molecular formula is C13H12Cl2O3. The Morgan fingerprint density at radius 2 is 2.17 bits per heavy atom. The summed E-state index contributed by atoms with van der Waals surface area (Å²) in [5, 5.41) is 1.03. The molecule has 1 saturated heterocycles. The van der Waals surface area contributed by atoms with Gasteiger partial charge in [-0.2, -0.15) is 0 Å². The Bertz CT molecular complexity index is 513. The van der Waals surface area contributed by atoms with Gasteiger partial charge in [0, 0.05) is 16.5 Å². The van der Waals surface area contributed by atoms with Crippen LogP contribution >= 0.6 is 23.2 Å². The minimum absolute atomic E-state index is 0.193. The van der Waals surface area contributed by atoms with E-state index in [1.165, 1.54) is 6.92 Å². The van der Waals surface area contributed by atoms with E-state index >= 15 is 0 Å². The van der Waals surface area contributed by atoms with Crippen LogP contribution in [0.4, 0.5) is 0 Å². The third-order valence-electron chi connectivity index (χ3n) is 3.33. The van der Waals surface area contributed by atoms with Crippen molar-refractivity contribution in [2.75, 3.05) is 6.61 Å². The fraction of sp³-hybridized carbons (Fsp3) is 0.385. The van der Waals surface area contributed by atoms with Crippen molar-refractivity contribution in [1.29, 1.82) is 0 Å². The van der Waals surface area contributed by atoms with Crippen molar-refractivity contribution in [1.82, 2.24) is 0 Å². The molecule has 1 aliphatic heterocycles. The first-order valence-corrected chi connectivity index (χ1v) is 6.33. The number of esters is 1. The van der Waals surface area contributed by atoms with E-state index in [0.29, 0.717) is 22.0 Å². The first-order valence-electron chi connectivity index (χ1n) is 5.58. The summed E-state index contributed by atoms with van der Waals surface area (Å²) in [5.41, 5.74) is -0.410. The molecule has 0 radical (unpaired) electrons. The number of carbonyl (C=O) groups is 2. The van der Waals surface area contributed by atoms with Crippen LogP contribution in [0.2, 0.25) is 10.0 Å². The van der Waals surface area contributed by atoms with Crippen molar-refractivity contribution < 1.29 is 14.3 Å². The lowest BCUT2D eigenvalue weighted by Crippen LogP contribution is -2.36. The summed E-state index contributed by atoms with van der Waals surface area (Å²) in [6.45, 7) is 1.68. The van der Waals surface area contributed by atoms with Crippen molar-refractivity contribution in [2.24, 2.45) is 5.41 Å². The highest BCUT2D eigenvalue weighted by Crippen LogP contribution is 2.37. The number of ether oxygens (including phenoxy) is 1. The lowest BCUT2D eigenvalue weighted by Gasteiger charge is -2.21. The quantitative estimate of drug-likeness (QED) is 0.634. The van der Waals surface area contributed by atoms with Crippen LogP contribution in [0.3, 0.4) is 0 Å². The molecule has 0 saturated carbocycles. The van der Waals surface area contributed by atoms with Crippen LogP contribution in [0.1, 0.15) is 18.9 Å². The highest BCUT2D eigenvalue weighted by molar-refractivity contribution is 6.33. The lowest BCUT2D eigenvalue weighted by molar-refractivity contribution is -0.150. The van der Waals surface area contributed by atoms with Crippen molar-refractivity contribution in [3.63, 3.8) is 0 Å². The molecule has 0 aromatic heterocycles. The second-order valence-corrected chi connectivity index (χ2v) is 5.28. The van der Waals surface area contributed by atoms with Crippen molar-refractivity contribution in [3.05, 3.63) is 33.8 Å². The fourth-order valence-corrected chi connectivity index (χ4v) is 2.55. The van der Waals surface area contributed by atoms with E-state index < -0.39 is 11.4 Å². The number of benzene rings is 1. The van der Waals surface area contributed by atoms with E-state index in [1.807, 2.05) is 0 Å². The minimum atomic E-state index is -1.10. The number of cyclic esters (lactones) is 1. The summed E-state index contributed by atoms with van der Waals surface area (Å²) >= 11 is 12.0. The molecule has 0 aliphatic carbocycles. The van der Waals surface area contributed by atoms with Gasteiger partial charge < -0.3 is 4.74 Å². The smallest absolute Gasteiger partial charge is 0.320 e. The molecule has 0 spiro atoms. The predicted octanol–water partition coefficient (Wildman–Crippen LogP) is 3.06. The summed E-state index contributed by atoms with van der Waals surface area (Å²) in [6.07, 6.45) is 0.630. The third-order valence-corrected chi connectivity index (χ3v) is 3.93. The summed E-state index contributed by atoms with van der Waals surface area (Å²) in [5.74, 6) is -0.660. The number of hydrogen-bond acceptors (Lipinski definition) is 3. The summed E-state index contributed by atoms with van der Waals surface area (Å²) in [7, 11) is 0. The third kappa shape index (κ3) is 2.25. The van der Waals surface area contributed by atoms with Crippen LogP contribution in [-0.4, -0.2) is 18.4 Å². The normalized spacial score (nSPS) is 22.9. The Morgan fingerprint density at radius 3 is 2.72 bits per heavy atom. The Hall–Kier alpha value is -1.06. The molecule has 18 heavy (non-hydrogen) atoms. The van der Waals surface area contributed by atoms with Crippen LogP contribution in [-0.2, 0) is 20.7 Å². The number of ketones is 1. The summed E-state index contributed by atoms with van der Waals surface area (Å²) in [4.78, 5) is 23.6. The Balaban J connectivity index is 2.38. The van der Waals surface area contributed by atoms with Crippen LogP contribution in [0.15, 0.2) is 18.2 Å². The number of hydrogen-bond donors (Lipinski definition) is 0. The molecule has 5 heteroatoms. The van der Waals surface area contributed by atoms with Crippen molar-refractivity contribution in [3.8, 4) is 0 Å². The highest BCUT2D eigenvalue weighted by atomic mass is 35.5. The molecule has 0 N–H and O–H groups in total. The molecule has 1 atom stereocenters. The predicted molar refractivity (Wildman–Crippen MR) is 68.9 cm³/mol. The zero-order valence-corrected chi connectivity index (χ0v) is 11.3. The van der Waals surface area contributed by atoms with Gasteiger partial charge >= 0.3 is 5.97 Å². The van der Waals surface area contributed by atoms with Crippen LogP contribution in [0.25, 0.3) is 0 Å². The van der Waals surface area contributed by atoms with E-state index in [0.717, 1.165) is 0 Å². The minimum Gasteiger partial charge on any atom is -0.465 e. The highest BCUT2D eigenvalue weighted by Gasteiger charge is 2.49. The monoisotopic (exact) mass is 286 g/mol. The van der Waals surface area contributed by atoms with Crippen LogP contribution in [0, 0.1) is 5.41 Å². The molecule has 1 fully saturated rings. The van der Waals surface area contributed by atoms with Gasteiger partial charge in [0.15, 0.2) is 0 Å². The van der Waals surface area contributed by atoms with Gasteiger partial charge in [-0.25, -0.2) is 0 Å². The Morgan fingerprint density at radius 1 is 1.44 bits per heavy atom. The molecule has 1 aliphatic rings. The SMILES string of the molecule is CC(=O)C1(Cc2cc(Cl)ccc2Cl)CCOC1=O. The fourth-order valence-electron chi connectivity index (χ4n) is 2.17. The van der Waals surface area contributed by atoms with E-state index in [4.69, 9.17) is 27.9 Å². The lowest BCUT2D eigenvalue weighted by atomic mass is 9.77. The maximum Gasteiger partial charge on any atom is 0.320 e. The van der Waals surface area contributed by atoms with E-state index in [2.05, 4.69) is 0 Å². The van der Waals surface area contributed by atoms with Gasteiger partial charge in [-0.05, 0) is 37.1 Å². The average Bonchev–Trinajstić information content (AvgIpc) is 2.67. The second-order valence-electron chi connectivity index (χ2n) is 4.44. The molecule has 1 unspecified atom stereocenters. The zero-order chi connectivity index (χ0) is 13.3. The molecule has 1 aromatic carbocycles. The molecule has 1 heterocycles. The topological polar surface area (TPSA) is 43.4 Å². The van der Waals surface area contributed by atoms with Gasteiger partial charge in [-0.3, -0.25) is 9.59 Å². The van der Waals surface area contributed by atoms with E-state index in [1.54, 1.807) is 18.2 Å². The van der Waals surface area contributed by atoms with Crippen LogP contribution < -0.4 is 0 Å². The molecular weight excluding hydrogens is 275 g/mol. The average molecular weight is 287 g/mol. The summed E-state index contributed by atoms with van der Waals surface area (Å²) < 4.78 is 4.94. The van der Waals surface area contributed by atoms with Gasteiger partial charge in [0.1, 0.15) is 11.2 Å². The zero-order valence-electron chi connectivity index (χ0n) is 9.83. The van der Waals surface area contributed by atoms with Crippen molar-refractivity contribution in [2.45, 2.75) is 19.8 Å². The van der Waals surface area contributed by atoms with Gasteiger partial charge in [0.25, 0.3) is 0 Å². The van der Waals surface area contributed by atoms with Gasteiger partial charge in [0.2, 0.25) is 0 Å². The molecule has 1 aromatic rings. The maximum absolute atomic E-state index is 11.8. The standard InChI is InChI=1S/C13H12Cl2O3/c1-8(16)13(4-5-18-12(13)17)7-9-6-10(14)2-3-11(9)15/h2-3,6H,4-5,7H2,1H3. The van der Waals surface area contributed by atoms with Gasteiger partial charge in [-0.1, -0.05) is 23.2 Å². The number of rotatable bonds is 3. The molecule has 2 rings (SSSR count). The number of carbonyl (C=O) groups excluding carboxylic acids is 2. The first kappa shape index (κ1) is 13.4. The van der Waals surface area contributed by atoms with Crippen LogP contribution in [0.5, 0.6) is 0 Å². The van der Waals surface area contributed by atoms with Gasteiger partial charge in [0.05, 0.1) is 6.61 Å². The van der Waals surface area contributed by atoms with Crippen molar-refractivity contribution >= 4 is 35.0 Å². The number of Topliss-reactive ketones (excluding diaryl/α,β-unsaturated/α-hetero) is 1. The molecule has 3 nitrogen and oxygen atoms in total. The van der Waals surface area contributed by atoms with E-state index in [9.17, 15) is 9.59 Å². The molecule has 0 amide bonds. The number of halogens is 2. The largest absolute Gasteiger partial charge is 0.465 e. The first-order chi connectivity index (χ1) is 8.45.